The van der Waals surface area contributed by atoms with Crippen molar-refractivity contribution in [1.82, 2.24) is 4.90 Å². The molecule has 1 saturated heterocycles. The summed E-state index contributed by atoms with van der Waals surface area (Å²) in [6.07, 6.45) is 2.10. The second-order valence-corrected chi connectivity index (χ2v) is 7.13. The monoisotopic (exact) mass is 342 g/mol. The summed E-state index contributed by atoms with van der Waals surface area (Å²) in [5, 5.41) is 0. The van der Waals surface area contributed by atoms with Crippen LogP contribution in [-0.2, 0) is 5.75 Å². The number of hydrogen-bond donors (Lipinski definition) is 1. The number of piperidine rings is 1. The summed E-state index contributed by atoms with van der Waals surface area (Å²) in [7, 11) is 0. The van der Waals surface area contributed by atoms with E-state index >= 15 is 0 Å². The van der Waals surface area contributed by atoms with Crippen LogP contribution in [0.25, 0.3) is 0 Å². The van der Waals surface area contributed by atoms with Crippen LogP contribution in [0.3, 0.4) is 0 Å². The van der Waals surface area contributed by atoms with Crippen LogP contribution in [0, 0.1) is 5.92 Å². The summed E-state index contributed by atoms with van der Waals surface area (Å²) in [6.45, 7) is 5.79. The number of likely N-dealkylation sites (tertiary alicyclic amines) is 1. The van der Waals surface area contributed by atoms with Crippen molar-refractivity contribution < 1.29 is 4.79 Å². The fraction of sp³-hybridized carbons (Fsp3) is 0.588. The van der Waals surface area contributed by atoms with E-state index in [1.165, 1.54) is 5.56 Å². The molecule has 0 radical (unpaired) electrons. The van der Waals surface area contributed by atoms with Gasteiger partial charge in [-0.05, 0) is 42.2 Å². The number of thioether (sulfide) groups is 1. The third kappa shape index (κ3) is 4.90. The molecule has 2 unspecified atom stereocenters. The summed E-state index contributed by atoms with van der Waals surface area (Å²) in [5.74, 6) is 2.92. The zero-order valence-electron chi connectivity index (χ0n) is 13.5. The maximum Gasteiger partial charge on any atom is 0.254 e. The van der Waals surface area contributed by atoms with Gasteiger partial charge in [-0.25, -0.2) is 0 Å². The molecule has 1 aliphatic heterocycles. The number of halogens is 1. The Labute approximate surface area is 144 Å². The number of amides is 1. The van der Waals surface area contributed by atoms with Crippen LogP contribution in [-0.4, -0.2) is 35.7 Å². The molecule has 1 heterocycles. The maximum absolute atomic E-state index is 12.7. The molecule has 2 atom stereocenters. The minimum atomic E-state index is 0. The molecule has 2 N–H and O–H groups in total. The SMILES string of the molecule is CCSCc1ccc(C(=O)N2CCC(C)CC2CN)cc1.Cl. The zero-order valence-corrected chi connectivity index (χ0v) is 15.1. The Morgan fingerprint density at radius 2 is 2.05 bits per heavy atom. The molecule has 3 nitrogen and oxygen atoms in total. The predicted molar refractivity (Wildman–Crippen MR) is 97.8 cm³/mol. The first-order chi connectivity index (χ1) is 10.2. The molecule has 22 heavy (non-hydrogen) atoms. The van der Waals surface area contributed by atoms with Crippen LogP contribution in [0.15, 0.2) is 24.3 Å². The van der Waals surface area contributed by atoms with Gasteiger partial charge in [0.1, 0.15) is 0 Å². The van der Waals surface area contributed by atoms with E-state index in [0.717, 1.165) is 36.5 Å². The molecular formula is C17H27ClN2OS. The molecule has 2 rings (SSSR count). The largest absolute Gasteiger partial charge is 0.334 e. The minimum Gasteiger partial charge on any atom is -0.334 e. The molecule has 0 spiro atoms. The lowest BCUT2D eigenvalue weighted by molar-refractivity contribution is 0.0573. The highest BCUT2D eigenvalue weighted by atomic mass is 35.5. The van der Waals surface area contributed by atoms with Crippen LogP contribution in [0.1, 0.15) is 42.6 Å². The van der Waals surface area contributed by atoms with Crippen molar-refractivity contribution >= 4 is 30.1 Å². The van der Waals surface area contributed by atoms with Gasteiger partial charge < -0.3 is 10.6 Å². The second-order valence-electron chi connectivity index (χ2n) is 5.85. The van der Waals surface area contributed by atoms with Gasteiger partial charge in [-0.15, -0.1) is 12.4 Å². The van der Waals surface area contributed by atoms with Crippen LogP contribution in [0.4, 0.5) is 0 Å². The zero-order chi connectivity index (χ0) is 15.2. The van der Waals surface area contributed by atoms with Crippen molar-refractivity contribution in [3.8, 4) is 0 Å². The number of carbonyl (C=O) groups excluding carboxylic acids is 1. The lowest BCUT2D eigenvalue weighted by atomic mass is 9.92. The Balaban J connectivity index is 0.00000242. The van der Waals surface area contributed by atoms with Crippen molar-refractivity contribution in [3.63, 3.8) is 0 Å². The summed E-state index contributed by atoms with van der Waals surface area (Å²) in [6, 6.07) is 8.25. The molecule has 5 heteroatoms. The molecule has 1 aromatic rings. The highest BCUT2D eigenvalue weighted by molar-refractivity contribution is 7.98. The Morgan fingerprint density at radius 1 is 1.36 bits per heavy atom. The molecule has 1 aromatic carbocycles. The van der Waals surface area contributed by atoms with Gasteiger partial charge >= 0.3 is 0 Å². The summed E-state index contributed by atoms with van der Waals surface area (Å²) >= 11 is 1.90. The van der Waals surface area contributed by atoms with E-state index < -0.39 is 0 Å². The van der Waals surface area contributed by atoms with E-state index in [1.807, 2.05) is 28.8 Å². The molecule has 0 aliphatic carbocycles. The first-order valence-corrected chi connectivity index (χ1v) is 8.98. The topological polar surface area (TPSA) is 46.3 Å². The van der Waals surface area contributed by atoms with Crippen molar-refractivity contribution in [2.45, 2.75) is 38.5 Å². The van der Waals surface area contributed by atoms with E-state index in [2.05, 4.69) is 26.0 Å². The average Bonchev–Trinajstić information content (AvgIpc) is 2.52. The number of carbonyl (C=O) groups is 1. The highest BCUT2D eigenvalue weighted by Crippen LogP contribution is 2.24. The quantitative estimate of drug-likeness (QED) is 0.889. The molecule has 1 aliphatic rings. The molecular weight excluding hydrogens is 316 g/mol. The third-order valence-electron chi connectivity index (χ3n) is 4.18. The predicted octanol–water partition coefficient (Wildman–Crippen LogP) is 3.56. The fourth-order valence-corrected chi connectivity index (χ4v) is 3.50. The van der Waals surface area contributed by atoms with Gasteiger partial charge in [0.15, 0.2) is 0 Å². The summed E-state index contributed by atoms with van der Waals surface area (Å²) in [5.41, 5.74) is 7.92. The molecule has 0 aromatic heterocycles. The number of hydrogen-bond acceptors (Lipinski definition) is 3. The maximum atomic E-state index is 12.7. The van der Waals surface area contributed by atoms with Crippen LogP contribution < -0.4 is 5.73 Å². The van der Waals surface area contributed by atoms with Crippen LogP contribution >= 0.6 is 24.2 Å². The van der Waals surface area contributed by atoms with E-state index in [-0.39, 0.29) is 24.4 Å². The smallest absolute Gasteiger partial charge is 0.254 e. The van der Waals surface area contributed by atoms with E-state index in [0.29, 0.717) is 12.5 Å². The Bertz CT molecular complexity index is 466. The average molecular weight is 343 g/mol. The number of nitrogens with zero attached hydrogens (tertiary/aromatic N) is 1. The number of benzene rings is 1. The second kappa shape index (κ2) is 9.43. The molecule has 0 saturated carbocycles. The third-order valence-corrected chi connectivity index (χ3v) is 5.13. The molecule has 124 valence electrons. The Hall–Kier alpha value is -0.710. The van der Waals surface area contributed by atoms with Crippen molar-refractivity contribution in [1.29, 1.82) is 0 Å². The normalized spacial score (nSPS) is 21.3. The van der Waals surface area contributed by atoms with Crippen molar-refractivity contribution in [3.05, 3.63) is 35.4 Å². The molecule has 1 amide bonds. The minimum absolute atomic E-state index is 0. The molecule has 1 fully saturated rings. The van der Waals surface area contributed by atoms with E-state index in [1.54, 1.807) is 0 Å². The van der Waals surface area contributed by atoms with Gasteiger partial charge in [0.25, 0.3) is 5.91 Å². The van der Waals surface area contributed by atoms with Gasteiger partial charge in [0.2, 0.25) is 0 Å². The van der Waals surface area contributed by atoms with E-state index in [4.69, 9.17) is 5.73 Å². The lowest BCUT2D eigenvalue weighted by Gasteiger charge is -2.38. The van der Waals surface area contributed by atoms with E-state index in [9.17, 15) is 4.79 Å². The van der Waals surface area contributed by atoms with Crippen molar-refractivity contribution in [2.75, 3.05) is 18.8 Å². The molecule has 0 bridgehead atoms. The standard InChI is InChI=1S/C17H26N2OS.ClH/c1-3-21-12-14-4-6-15(7-5-14)17(20)19-9-8-13(2)10-16(19)11-18;/h4-7,13,16H,3,8-12,18H2,1-2H3;1H. The van der Waals surface area contributed by atoms with Crippen LogP contribution in [0.5, 0.6) is 0 Å². The highest BCUT2D eigenvalue weighted by Gasteiger charge is 2.29. The van der Waals surface area contributed by atoms with Gasteiger partial charge in [-0.1, -0.05) is 26.0 Å². The first-order valence-electron chi connectivity index (χ1n) is 7.83. The van der Waals surface area contributed by atoms with Gasteiger partial charge in [-0.3, -0.25) is 4.79 Å². The van der Waals surface area contributed by atoms with Gasteiger partial charge in [0.05, 0.1) is 0 Å². The summed E-state index contributed by atoms with van der Waals surface area (Å²) < 4.78 is 0. The number of rotatable bonds is 5. The Kier molecular flexibility index (Phi) is 8.29. The van der Waals surface area contributed by atoms with Gasteiger partial charge in [-0.2, -0.15) is 11.8 Å². The van der Waals surface area contributed by atoms with Crippen molar-refractivity contribution in [2.24, 2.45) is 11.7 Å². The lowest BCUT2D eigenvalue weighted by Crippen LogP contribution is -2.49. The fourth-order valence-electron chi connectivity index (χ4n) is 2.87. The first kappa shape index (κ1) is 19.3. The van der Waals surface area contributed by atoms with Crippen LogP contribution in [0.2, 0.25) is 0 Å². The summed E-state index contributed by atoms with van der Waals surface area (Å²) in [4.78, 5) is 14.6. The van der Waals surface area contributed by atoms with Gasteiger partial charge in [0, 0.05) is 30.4 Å². The number of nitrogens with two attached hydrogens (primary N) is 1. The Morgan fingerprint density at radius 3 is 2.64 bits per heavy atom.